The van der Waals surface area contributed by atoms with Crippen LogP contribution in [0.1, 0.15) is 38.1 Å². The van der Waals surface area contributed by atoms with Gasteiger partial charge >= 0.3 is 0 Å². The van der Waals surface area contributed by atoms with E-state index in [1.54, 1.807) is 0 Å². The van der Waals surface area contributed by atoms with Gasteiger partial charge in [0.25, 0.3) is 0 Å². The first kappa shape index (κ1) is 19.9. The van der Waals surface area contributed by atoms with Crippen molar-refractivity contribution in [1.29, 1.82) is 0 Å². The van der Waals surface area contributed by atoms with Crippen LogP contribution in [-0.4, -0.2) is 28.8 Å². The number of nitrogens with one attached hydrogen (secondary N) is 1. The Hall–Kier alpha value is -3.35. The second-order valence-electron chi connectivity index (χ2n) is 7.30. The molecule has 0 radical (unpaired) electrons. The van der Waals surface area contributed by atoms with E-state index in [4.69, 9.17) is 14.0 Å². The summed E-state index contributed by atoms with van der Waals surface area (Å²) < 4.78 is 16.8. The van der Waals surface area contributed by atoms with Crippen molar-refractivity contribution in [2.45, 2.75) is 45.6 Å². The van der Waals surface area contributed by atoms with Gasteiger partial charge < -0.3 is 19.3 Å². The molecule has 2 heterocycles. The topological polar surface area (TPSA) is 86.5 Å². The third-order valence-electron chi connectivity index (χ3n) is 4.87. The molecule has 3 aromatic rings. The van der Waals surface area contributed by atoms with Crippen molar-refractivity contribution in [2.24, 2.45) is 0 Å². The zero-order chi connectivity index (χ0) is 20.9. The molecule has 1 atom stereocenters. The number of hydrogen-bond acceptors (Lipinski definition) is 6. The van der Waals surface area contributed by atoms with Crippen molar-refractivity contribution in [3.63, 3.8) is 0 Å². The maximum absolute atomic E-state index is 12.5. The average Bonchev–Trinajstić information content (AvgIpc) is 3.35. The first-order chi connectivity index (χ1) is 14.6. The Morgan fingerprint density at radius 3 is 2.90 bits per heavy atom. The lowest BCUT2D eigenvalue weighted by molar-refractivity contribution is -0.116. The first-order valence-electron chi connectivity index (χ1n) is 10.3. The van der Waals surface area contributed by atoms with Crippen LogP contribution in [-0.2, 0) is 17.6 Å². The maximum Gasteiger partial charge on any atom is 0.226 e. The highest BCUT2D eigenvalue weighted by Crippen LogP contribution is 2.38. The number of ether oxygens (including phenoxy) is 2. The number of aryl methyl sites for hydroxylation is 1. The van der Waals surface area contributed by atoms with Crippen molar-refractivity contribution in [2.75, 3.05) is 11.9 Å². The number of carbonyl (C=O) groups is 1. The zero-order valence-corrected chi connectivity index (χ0v) is 17.2. The van der Waals surface area contributed by atoms with Gasteiger partial charge in [0.2, 0.25) is 17.6 Å². The molecule has 1 aliphatic heterocycles. The van der Waals surface area contributed by atoms with Crippen LogP contribution in [0.3, 0.4) is 0 Å². The lowest BCUT2D eigenvalue weighted by Crippen LogP contribution is -2.13. The van der Waals surface area contributed by atoms with Crippen molar-refractivity contribution < 1.29 is 18.8 Å². The van der Waals surface area contributed by atoms with Gasteiger partial charge in [-0.3, -0.25) is 4.79 Å². The van der Waals surface area contributed by atoms with Gasteiger partial charge in [-0.1, -0.05) is 35.5 Å². The Kier molecular flexibility index (Phi) is 5.97. The fourth-order valence-electron chi connectivity index (χ4n) is 3.49. The van der Waals surface area contributed by atoms with E-state index in [-0.39, 0.29) is 12.0 Å². The van der Waals surface area contributed by atoms with Crippen LogP contribution in [0.4, 0.5) is 5.69 Å². The molecule has 1 N–H and O–H groups in total. The lowest BCUT2D eigenvalue weighted by Gasteiger charge is -2.13. The number of fused-ring (bicyclic) bond motifs is 1. The van der Waals surface area contributed by atoms with E-state index in [1.807, 2.05) is 56.3 Å². The molecular weight excluding hydrogens is 382 g/mol. The van der Waals surface area contributed by atoms with Gasteiger partial charge in [-0.05, 0) is 26.3 Å². The minimum atomic E-state index is -0.0928. The Bertz CT molecular complexity index is 1020. The number of amides is 1. The summed E-state index contributed by atoms with van der Waals surface area (Å²) in [5, 5.41) is 6.95. The van der Waals surface area contributed by atoms with E-state index < -0.39 is 0 Å². The highest BCUT2D eigenvalue weighted by atomic mass is 16.5. The van der Waals surface area contributed by atoms with Crippen LogP contribution < -0.4 is 14.8 Å². The molecule has 0 fully saturated rings. The molecule has 4 rings (SSSR count). The molecule has 2 aromatic carbocycles. The highest BCUT2D eigenvalue weighted by molar-refractivity contribution is 5.92. The van der Waals surface area contributed by atoms with E-state index in [9.17, 15) is 4.79 Å². The molecule has 1 aromatic heterocycles. The van der Waals surface area contributed by atoms with E-state index in [0.717, 1.165) is 23.3 Å². The van der Waals surface area contributed by atoms with E-state index in [2.05, 4.69) is 15.5 Å². The van der Waals surface area contributed by atoms with Crippen molar-refractivity contribution >= 4 is 11.6 Å². The minimum Gasteiger partial charge on any atom is -0.492 e. The van der Waals surface area contributed by atoms with Crippen LogP contribution in [0, 0.1) is 0 Å². The molecule has 1 aliphatic rings. The molecular formula is C23H25N3O4. The lowest BCUT2D eigenvalue weighted by atomic mass is 10.1. The number of benzene rings is 2. The second kappa shape index (κ2) is 8.98. The van der Waals surface area contributed by atoms with E-state index in [0.29, 0.717) is 49.0 Å². The molecule has 7 nitrogen and oxygen atoms in total. The standard InChI is InChI=1S/C23H25N3O4/c1-3-28-20-13-17-12-15(2)29-19(17)14-18(20)24-21(27)10-7-11-22-25-23(26-30-22)16-8-5-4-6-9-16/h4-6,8-9,13-15H,3,7,10-12H2,1-2H3,(H,24,27)/t15-/m1/s1. The summed E-state index contributed by atoms with van der Waals surface area (Å²) in [6.07, 6.45) is 2.46. The fraction of sp³-hybridized carbons (Fsp3) is 0.348. The molecule has 7 heteroatoms. The molecule has 156 valence electrons. The van der Waals surface area contributed by atoms with Gasteiger partial charge in [-0.25, -0.2) is 0 Å². The van der Waals surface area contributed by atoms with Crippen LogP contribution in [0.25, 0.3) is 11.4 Å². The molecule has 0 unspecified atom stereocenters. The summed E-state index contributed by atoms with van der Waals surface area (Å²) in [4.78, 5) is 16.9. The summed E-state index contributed by atoms with van der Waals surface area (Å²) in [6.45, 7) is 4.48. The first-order valence-corrected chi connectivity index (χ1v) is 10.3. The largest absolute Gasteiger partial charge is 0.492 e. The number of carbonyl (C=O) groups excluding carboxylic acids is 1. The van der Waals surface area contributed by atoms with Crippen LogP contribution in [0.2, 0.25) is 0 Å². The molecule has 0 aliphatic carbocycles. The summed E-state index contributed by atoms with van der Waals surface area (Å²) in [7, 11) is 0. The third-order valence-corrected chi connectivity index (χ3v) is 4.87. The van der Waals surface area contributed by atoms with Gasteiger partial charge in [-0.15, -0.1) is 0 Å². The van der Waals surface area contributed by atoms with Crippen LogP contribution in [0.5, 0.6) is 11.5 Å². The maximum atomic E-state index is 12.5. The average molecular weight is 407 g/mol. The van der Waals surface area contributed by atoms with Crippen molar-refractivity contribution in [3.8, 4) is 22.9 Å². The summed E-state index contributed by atoms with van der Waals surface area (Å²) in [5.41, 5.74) is 2.65. The minimum absolute atomic E-state index is 0.0928. The van der Waals surface area contributed by atoms with Crippen molar-refractivity contribution in [1.82, 2.24) is 10.1 Å². The zero-order valence-electron chi connectivity index (χ0n) is 17.2. The Morgan fingerprint density at radius 2 is 2.10 bits per heavy atom. The third kappa shape index (κ3) is 4.62. The van der Waals surface area contributed by atoms with Gasteiger partial charge in [0.1, 0.15) is 17.6 Å². The number of nitrogens with zero attached hydrogens (tertiary/aromatic N) is 2. The summed E-state index contributed by atoms with van der Waals surface area (Å²) in [6, 6.07) is 13.5. The van der Waals surface area contributed by atoms with E-state index in [1.165, 1.54) is 0 Å². The van der Waals surface area contributed by atoms with Gasteiger partial charge in [0.05, 0.1) is 12.3 Å². The summed E-state index contributed by atoms with van der Waals surface area (Å²) in [5.74, 6) is 2.47. The van der Waals surface area contributed by atoms with Gasteiger partial charge in [0.15, 0.2) is 0 Å². The van der Waals surface area contributed by atoms with Crippen LogP contribution >= 0.6 is 0 Å². The number of aromatic nitrogens is 2. The predicted molar refractivity (Wildman–Crippen MR) is 113 cm³/mol. The number of hydrogen-bond donors (Lipinski definition) is 1. The van der Waals surface area contributed by atoms with E-state index >= 15 is 0 Å². The Morgan fingerprint density at radius 1 is 1.27 bits per heavy atom. The number of anilines is 1. The highest BCUT2D eigenvalue weighted by Gasteiger charge is 2.22. The van der Waals surface area contributed by atoms with Gasteiger partial charge in [0, 0.05) is 36.5 Å². The molecule has 0 spiro atoms. The predicted octanol–water partition coefficient (Wildman–Crippen LogP) is 4.42. The molecule has 0 saturated carbocycles. The molecule has 30 heavy (non-hydrogen) atoms. The molecule has 0 bridgehead atoms. The quantitative estimate of drug-likeness (QED) is 0.595. The van der Waals surface area contributed by atoms with Crippen molar-refractivity contribution in [3.05, 3.63) is 53.9 Å². The SMILES string of the molecule is CCOc1cc2c(cc1NC(=O)CCCc1nc(-c3ccccc3)no1)O[C@H](C)C2. The molecule has 1 amide bonds. The Labute approximate surface area is 175 Å². The smallest absolute Gasteiger partial charge is 0.226 e. The number of rotatable bonds is 8. The monoisotopic (exact) mass is 407 g/mol. The Balaban J connectivity index is 1.33. The fourth-order valence-corrected chi connectivity index (χ4v) is 3.49. The van der Waals surface area contributed by atoms with Gasteiger partial charge in [-0.2, -0.15) is 4.98 Å². The second-order valence-corrected chi connectivity index (χ2v) is 7.30. The van der Waals surface area contributed by atoms with Crippen LogP contribution in [0.15, 0.2) is 47.0 Å². The summed E-state index contributed by atoms with van der Waals surface area (Å²) >= 11 is 0. The molecule has 0 saturated heterocycles. The normalized spacial score (nSPS) is 14.8.